The molecule has 0 radical (unpaired) electrons. The molecule has 1 N–H and O–H groups in total. The van der Waals surface area contributed by atoms with Crippen LogP contribution in [-0.4, -0.2) is 20.7 Å². The molecular formula is C16H16N4OS. The van der Waals surface area contributed by atoms with Crippen molar-refractivity contribution in [1.29, 1.82) is 0 Å². The summed E-state index contributed by atoms with van der Waals surface area (Å²) < 4.78 is 1.88. The lowest BCUT2D eigenvalue weighted by atomic mass is 10.1. The van der Waals surface area contributed by atoms with Crippen LogP contribution < -0.4 is 5.32 Å². The van der Waals surface area contributed by atoms with E-state index in [9.17, 15) is 4.79 Å². The molecule has 0 fully saturated rings. The monoisotopic (exact) mass is 312 g/mol. The Kier molecular flexibility index (Phi) is 4.02. The van der Waals surface area contributed by atoms with Crippen LogP contribution in [0.3, 0.4) is 0 Å². The smallest absolute Gasteiger partial charge is 0.230 e. The van der Waals surface area contributed by atoms with Crippen LogP contribution in [0.25, 0.3) is 5.69 Å². The molecule has 1 aromatic carbocycles. The van der Waals surface area contributed by atoms with Crippen molar-refractivity contribution in [3.63, 3.8) is 0 Å². The van der Waals surface area contributed by atoms with E-state index in [1.807, 2.05) is 54.2 Å². The number of benzene rings is 1. The number of thiazole rings is 1. The van der Waals surface area contributed by atoms with E-state index < -0.39 is 0 Å². The van der Waals surface area contributed by atoms with Gasteiger partial charge in [-0.2, -0.15) is 5.10 Å². The maximum Gasteiger partial charge on any atom is 0.230 e. The van der Waals surface area contributed by atoms with Gasteiger partial charge in [0.1, 0.15) is 0 Å². The number of hydrogen-bond donors (Lipinski definition) is 1. The van der Waals surface area contributed by atoms with E-state index in [4.69, 9.17) is 0 Å². The third-order valence-corrected chi connectivity index (χ3v) is 4.15. The molecule has 5 nitrogen and oxygen atoms in total. The topological polar surface area (TPSA) is 59.8 Å². The molecule has 2 heterocycles. The fourth-order valence-electron chi connectivity index (χ4n) is 2.36. The molecule has 0 aliphatic carbocycles. The molecule has 0 aliphatic heterocycles. The zero-order chi connectivity index (χ0) is 15.5. The Morgan fingerprint density at radius 1 is 1.27 bits per heavy atom. The van der Waals surface area contributed by atoms with Crippen molar-refractivity contribution < 1.29 is 4.79 Å². The minimum atomic E-state index is -0.0752. The average molecular weight is 312 g/mol. The van der Waals surface area contributed by atoms with Gasteiger partial charge in [0, 0.05) is 22.8 Å². The highest BCUT2D eigenvalue weighted by molar-refractivity contribution is 7.13. The van der Waals surface area contributed by atoms with Crippen LogP contribution in [0, 0.1) is 13.8 Å². The number of aryl methyl sites for hydroxylation is 1. The molecule has 2 aromatic heterocycles. The van der Waals surface area contributed by atoms with Crippen molar-refractivity contribution in [2.45, 2.75) is 20.3 Å². The van der Waals surface area contributed by atoms with Gasteiger partial charge in [-0.1, -0.05) is 18.2 Å². The second kappa shape index (κ2) is 6.11. The number of rotatable bonds is 4. The van der Waals surface area contributed by atoms with E-state index in [0.717, 1.165) is 22.6 Å². The SMILES string of the molecule is Cc1nn(-c2ccccc2)c(C)c1CC(=O)Nc1nccs1. The quantitative estimate of drug-likeness (QED) is 0.805. The van der Waals surface area contributed by atoms with Crippen molar-refractivity contribution in [2.75, 3.05) is 5.32 Å². The third kappa shape index (κ3) is 2.92. The van der Waals surface area contributed by atoms with Gasteiger partial charge in [-0.05, 0) is 26.0 Å². The van der Waals surface area contributed by atoms with Crippen LogP contribution in [-0.2, 0) is 11.2 Å². The number of aromatic nitrogens is 3. The Hall–Kier alpha value is -2.47. The molecule has 112 valence electrons. The fraction of sp³-hybridized carbons (Fsp3) is 0.188. The lowest BCUT2D eigenvalue weighted by molar-refractivity contribution is -0.115. The molecule has 0 atom stereocenters. The maximum atomic E-state index is 12.1. The zero-order valence-electron chi connectivity index (χ0n) is 12.4. The zero-order valence-corrected chi connectivity index (χ0v) is 13.2. The molecule has 0 unspecified atom stereocenters. The Bertz CT molecular complexity index is 778. The van der Waals surface area contributed by atoms with Crippen molar-refractivity contribution in [2.24, 2.45) is 0 Å². The van der Waals surface area contributed by atoms with E-state index in [-0.39, 0.29) is 5.91 Å². The highest BCUT2D eigenvalue weighted by Crippen LogP contribution is 2.19. The van der Waals surface area contributed by atoms with Crippen molar-refractivity contribution >= 4 is 22.4 Å². The highest BCUT2D eigenvalue weighted by atomic mass is 32.1. The summed E-state index contributed by atoms with van der Waals surface area (Å²) in [4.78, 5) is 16.2. The fourth-order valence-corrected chi connectivity index (χ4v) is 2.91. The number of hydrogen-bond acceptors (Lipinski definition) is 4. The molecule has 0 aliphatic rings. The standard InChI is InChI=1S/C16H16N4OS/c1-11-14(10-15(21)18-16-17-8-9-22-16)12(2)20(19-11)13-6-4-3-5-7-13/h3-9H,10H2,1-2H3,(H,17,18,21). The molecule has 1 amide bonds. The van der Waals surface area contributed by atoms with Gasteiger partial charge in [0.25, 0.3) is 0 Å². The predicted octanol–water partition coefficient (Wildman–Crippen LogP) is 3.13. The lowest BCUT2D eigenvalue weighted by Crippen LogP contribution is -2.15. The van der Waals surface area contributed by atoms with Crippen LogP contribution in [0.4, 0.5) is 5.13 Å². The van der Waals surface area contributed by atoms with E-state index >= 15 is 0 Å². The van der Waals surface area contributed by atoms with Crippen LogP contribution >= 0.6 is 11.3 Å². The molecule has 22 heavy (non-hydrogen) atoms. The Morgan fingerprint density at radius 3 is 2.73 bits per heavy atom. The minimum Gasteiger partial charge on any atom is -0.302 e. The normalized spacial score (nSPS) is 10.6. The van der Waals surface area contributed by atoms with Crippen LogP contribution in [0.2, 0.25) is 0 Å². The van der Waals surface area contributed by atoms with Crippen molar-refractivity contribution in [1.82, 2.24) is 14.8 Å². The first-order valence-electron chi connectivity index (χ1n) is 6.95. The summed E-state index contributed by atoms with van der Waals surface area (Å²) in [6.07, 6.45) is 1.97. The summed E-state index contributed by atoms with van der Waals surface area (Å²) in [5.74, 6) is -0.0752. The number of nitrogens with one attached hydrogen (secondary N) is 1. The molecule has 3 aromatic rings. The first kappa shape index (κ1) is 14.5. The third-order valence-electron chi connectivity index (χ3n) is 3.46. The number of amides is 1. The molecule has 0 saturated carbocycles. The molecule has 0 saturated heterocycles. The highest BCUT2D eigenvalue weighted by Gasteiger charge is 2.16. The second-order valence-electron chi connectivity index (χ2n) is 4.96. The number of para-hydroxylation sites is 1. The summed E-state index contributed by atoms with van der Waals surface area (Å²) in [5.41, 5.74) is 3.81. The van der Waals surface area contributed by atoms with Gasteiger partial charge in [-0.15, -0.1) is 11.3 Å². The van der Waals surface area contributed by atoms with Crippen LogP contribution in [0.5, 0.6) is 0 Å². The molecular weight excluding hydrogens is 296 g/mol. The van der Waals surface area contributed by atoms with E-state index in [1.165, 1.54) is 11.3 Å². The maximum absolute atomic E-state index is 12.1. The Morgan fingerprint density at radius 2 is 2.05 bits per heavy atom. The number of anilines is 1. The molecule has 6 heteroatoms. The Labute approximate surface area is 132 Å². The second-order valence-corrected chi connectivity index (χ2v) is 5.85. The van der Waals surface area contributed by atoms with Gasteiger partial charge in [-0.25, -0.2) is 9.67 Å². The van der Waals surface area contributed by atoms with Crippen molar-refractivity contribution in [3.05, 3.63) is 58.9 Å². The molecule has 3 rings (SSSR count). The summed E-state index contributed by atoms with van der Waals surface area (Å²) in [7, 11) is 0. The summed E-state index contributed by atoms with van der Waals surface area (Å²) in [6, 6.07) is 9.91. The van der Waals surface area contributed by atoms with Gasteiger partial charge in [0.05, 0.1) is 17.8 Å². The summed E-state index contributed by atoms with van der Waals surface area (Å²) >= 11 is 1.41. The number of carbonyl (C=O) groups excluding carboxylic acids is 1. The first-order valence-corrected chi connectivity index (χ1v) is 7.83. The van der Waals surface area contributed by atoms with E-state index in [1.54, 1.807) is 6.20 Å². The summed E-state index contributed by atoms with van der Waals surface area (Å²) in [6.45, 7) is 3.91. The molecule has 0 bridgehead atoms. The Balaban J connectivity index is 1.83. The minimum absolute atomic E-state index is 0.0752. The average Bonchev–Trinajstić information content (AvgIpc) is 3.11. The molecule has 0 spiro atoms. The van der Waals surface area contributed by atoms with Crippen molar-refractivity contribution in [3.8, 4) is 5.69 Å². The van der Waals surface area contributed by atoms with Crippen LogP contribution in [0.15, 0.2) is 41.9 Å². The largest absolute Gasteiger partial charge is 0.302 e. The van der Waals surface area contributed by atoms with Gasteiger partial charge in [0.15, 0.2) is 5.13 Å². The van der Waals surface area contributed by atoms with E-state index in [0.29, 0.717) is 11.6 Å². The summed E-state index contributed by atoms with van der Waals surface area (Å²) in [5, 5.41) is 9.81. The first-order chi connectivity index (χ1) is 10.6. The van der Waals surface area contributed by atoms with Gasteiger partial charge in [-0.3, -0.25) is 4.79 Å². The van der Waals surface area contributed by atoms with Gasteiger partial charge in [0.2, 0.25) is 5.91 Å². The number of carbonyl (C=O) groups is 1. The van der Waals surface area contributed by atoms with Crippen LogP contribution in [0.1, 0.15) is 17.0 Å². The number of nitrogens with zero attached hydrogens (tertiary/aromatic N) is 3. The predicted molar refractivity (Wildman–Crippen MR) is 87.5 cm³/mol. The lowest BCUT2D eigenvalue weighted by Gasteiger charge is -2.05. The van der Waals surface area contributed by atoms with Gasteiger partial charge < -0.3 is 5.32 Å². The van der Waals surface area contributed by atoms with Gasteiger partial charge >= 0.3 is 0 Å². The van der Waals surface area contributed by atoms with E-state index in [2.05, 4.69) is 15.4 Å².